The maximum atomic E-state index is 9.63. The van der Waals surface area contributed by atoms with Crippen LogP contribution in [0.15, 0.2) is 18.2 Å². The van der Waals surface area contributed by atoms with Crippen molar-refractivity contribution in [1.29, 1.82) is 0 Å². The maximum absolute atomic E-state index is 9.63. The molecule has 0 saturated carbocycles. The first-order chi connectivity index (χ1) is 8.02. The summed E-state index contributed by atoms with van der Waals surface area (Å²) in [6, 6.07) is 5.18. The summed E-state index contributed by atoms with van der Waals surface area (Å²) in [5, 5.41) is 9.63. The second kappa shape index (κ2) is 6.32. The van der Waals surface area contributed by atoms with E-state index in [1.807, 2.05) is 19.0 Å². The molecule has 0 aliphatic heterocycles. The predicted molar refractivity (Wildman–Crippen MR) is 67.5 cm³/mol. The first kappa shape index (κ1) is 13.6. The minimum Gasteiger partial charge on any atom is -0.495 e. The van der Waals surface area contributed by atoms with E-state index in [4.69, 9.17) is 15.2 Å². The number of aliphatic hydroxyl groups is 1. The van der Waals surface area contributed by atoms with E-state index in [2.05, 4.69) is 0 Å². The monoisotopic (exact) mass is 240 g/mol. The van der Waals surface area contributed by atoms with Crippen LogP contribution < -0.4 is 15.2 Å². The van der Waals surface area contributed by atoms with Gasteiger partial charge in [0, 0.05) is 12.6 Å². The Morgan fingerprint density at radius 2 is 2.12 bits per heavy atom. The summed E-state index contributed by atoms with van der Waals surface area (Å²) in [6.45, 7) is 0.801. The van der Waals surface area contributed by atoms with Gasteiger partial charge >= 0.3 is 0 Å². The van der Waals surface area contributed by atoms with Crippen molar-refractivity contribution in [3.63, 3.8) is 0 Å². The molecule has 17 heavy (non-hydrogen) atoms. The van der Waals surface area contributed by atoms with E-state index in [1.165, 1.54) is 0 Å². The number of nitrogens with two attached hydrogens (primary N) is 1. The highest BCUT2D eigenvalue weighted by molar-refractivity contribution is 5.56. The first-order valence-corrected chi connectivity index (χ1v) is 5.42. The molecule has 0 unspecified atom stereocenters. The molecule has 1 aromatic carbocycles. The zero-order valence-corrected chi connectivity index (χ0v) is 10.5. The van der Waals surface area contributed by atoms with Crippen molar-refractivity contribution in [2.45, 2.75) is 6.10 Å². The largest absolute Gasteiger partial charge is 0.495 e. The van der Waals surface area contributed by atoms with E-state index in [-0.39, 0.29) is 6.61 Å². The fraction of sp³-hybridized carbons (Fsp3) is 0.500. The maximum Gasteiger partial charge on any atom is 0.142 e. The third kappa shape index (κ3) is 4.50. The fourth-order valence-corrected chi connectivity index (χ4v) is 1.47. The second-order valence-electron chi connectivity index (χ2n) is 4.13. The molecule has 1 rings (SSSR count). The number of hydrogen-bond donors (Lipinski definition) is 2. The van der Waals surface area contributed by atoms with Crippen LogP contribution in [0.5, 0.6) is 11.5 Å². The Hall–Kier alpha value is -1.46. The normalized spacial score (nSPS) is 12.5. The summed E-state index contributed by atoms with van der Waals surface area (Å²) in [5.74, 6) is 1.24. The molecule has 3 N–H and O–H groups in total. The number of ether oxygens (including phenoxy) is 2. The van der Waals surface area contributed by atoms with Crippen molar-refractivity contribution in [2.24, 2.45) is 0 Å². The fourth-order valence-electron chi connectivity index (χ4n) is 1.47. The molecule has 0 aromatic heterocycles. The van der Waals surface area contributed by atoms with Gasteiger partial charge in [-0.15, -0.1) is 0 Å². The summed E-state index contributed by atoms with van der Waals surface area (Å²) in [6.07, 6.45) is -0.520. The molecule has 1 aromatic rings. The molecule has 1 atom stereocenters. The van der Waals surface area contributed by atoms with Gasteiger partial charge in [-0.1, -0.05) is 0 Å². The standard InChI is InChI=1S/C12H20N2O3/c1-14(2)7-9(15)8-17-10-4-5-12(16-3)11(13)6-10/h4-6,9,15H,7-8,13H2,1-3H3/t9-/m0/s1. The summed E-state index contributed by atoms with van der Waals surface area (Å²) >= 11 is 0. The average molecular weight is 240 g/mol. The highest BCUT2D eigenvalue weighted by atomic mass is 16.5. The van der Waals surface area contributed by atoms with Crippen LogP contribution in [0.2, 0.25) is 0 Å². The second-order valence-corrected chi connectivity index (χ2v) is 4.13. The number of likely N-dealkylation sites (N-methyl/N-ethyl adjacent to an activating group) is 1. The molecule has 0 radical (unpaired) electrons. The Morgan fingerprint density at radius 1 is 1.41 bits per heavy atom. The Kier molecular flexibility index (Phi) is 5.06. The van der Waals surface area contributed by atoms with Gasteiger partial charge in [0.15, 0.2) is 0 Å². The Labute approximate surface area is 102 Å². The Balaban J connectivity index is 2.49. The average Bonchev–Trinajstić information content (AvgIpc) is 2.25. The van der Waals surface area contributed by atoms with Gasteiger partial charge < -0.3 is 25.2 Å². The van der Waals surface area contributed by atoms with Crippen molar-refractivity contribution in [2.75, 3.05) is 40.1 Å². The van der Waals surface area contributed by atoms with E-state index in [9.17, 15) is 5.11 Å². The van der Waals surface area contributed by atoms with Crippen LogP contribution in [-0.2, 0) is 0 Å². The summed E-state index contributed by atoms with van der Waals surface area (Å²) in [7, 11) is 5.36. The number of rotatable bonds is 6. The van der Waals surface area contributed by atoms with Crippen molar-refractivity contribution in [3.05, 3.63) is 18.2 Å². The molecule has 96 valence electrons. The van der Waals surface area contributed by atoms with Gasteiger partial charge in [0.1, 0.15) is 24.2 Å². The molecule has 0 bridgehead atoms. The molecule has 5 nitrogen and oxygen atoms in total. The molecule has 0 saturated heterocycles. The molecular weight excluding hydrogens is 220 g/mol. The lowest BCUT2D eigenvalue weighted by atomic mass is 10.3. The Morgan fingerprint density at radius 3 is 2.65 bits per heavy atom. The van der Waals surface area contributed by atoms with Gasteiger partial charge in [-0.3, -0.25) is 0 Å². The summed E-state index contributed by atoms with van der Waals surface area (Å²) < 4.78 is 10.5. The topological polar surface area (TPSA) is 68.0 Å². The highest BCUT2D eigenvalue weighted by Gasteiger charge is 2.07. The number of aliphatic hydroxyl groups excluding tert-OH is 1. The van der Waals surface area contributed by atoms with Crippen LogP contribution in [0.4, 0.5) is 5.69 Å². The lowest BCUT2D eigenvalue weighted by molar-refractivity contribution is 0.0831. The van der Waals surface area contributed by atoms with Crippen molar-refractivity contribution < 1.29 is 14.6 Å². The van der Waals surface area contributed by atoms with Gasteiger partial charge in [-0.25, -0.2) is 0 Å². The molecule has 0 aliphatic rings. The highest BCUT2D eigenvalue weighted by Crippen LogP contribution is 2.25. The zero-order chi connectivity index (χ0) is 12.8. The quantitative estimate of drug-likeness (QED) is 0.712. The van der Waals surface area contributed by atoms with Gasteiger partial charge in [0.05, 0.1) is 12.8 Å². The summed E-state index contributed by atoms with van der Waals surface area (Å²) in [5.41, 5.74) is 6.26. The molecule has 5 heteroatoms. The van der Waals surface area contributed by atoms with Gasteiger partial charge in [0.25, 0.3) is 0 Å². The molecule has 0 heterocycles. The van der Waals surface area contributed by atoms with E-state index in [0.717, 1.165) is 0 Å². The van der Waals surface area contributed by atoms with E-state index >= 15 is 0 Å². The molecule has 0 amide bonds. The minimum absolute atomic E-state index is 0.240. The van der Waals surface area contributed by atoms with Crippen molar-refractivity contribution in [1.82, 2.24) is 4.90 Å². The van der Waals surface area contributed by atoms with Crippen LogP contribution in [-0.4, -0.2) is 50.5 Å². The number of hydrogen-bond acceptors (Lipinski definition) is 5. The first-order valence-electron chi connectivity index (χ1n) is 5.42. The third-order valence-corrected chi connectivity index (χ3v) is 2.22. The summed E-state index contributed by atoms with van der Waals surface area (Å²) in [4.78, 5) is 1.90. The zero-order valence-electron chi connectivity index (χ0n) is 10.5. The van der Waals surface area contributed by atoms with Crippen molar-refractivity contribution in [3.8, 4) is 11.5 Å². The SMILES string of the molecule is COc1ccc(OC[C@@H](O)CN(C)C)cc1N. The number of benzene rings is 1. The predicted octanol–water partition coefficient (Wildman–Crippen LogP) is 0.579. The Bertz CT molecular complexity index is 356. The van der Waals surface area contributed by atoms with Crippen LogP contribution >= 0.6 is 0 Å². The van der Waals surface area contributed by atoms with Crippen molar-refractivity contribution >= 4 is 5.69 Å². The lowest BCUT2D eigenvalue weighted by Gasteiger charge is -2.16. The molecule has 0 aliphatic carbocycles. The van der Waals surface area contributed by atoms with Crippen LogP contribution in [0.1, 0.15) is 0 Å². The van der Waals surface area contributed by atoms with E-state index in [1.54, 1.807) is 25.3 Å². The molecule has 0 spiro atoms. The number of methoxy groups -OCH3 is 1. The lowest BCUT2D eigenvalue weighted by Crippen LogP contribution is -2.30. The van der Waals surface area contributed by atoms with E-state index in [0.29, 0.717) is 23.7 Å². The minimum atomic E-state index is -0.520. The number of anilines is 1. The molecular formula is C12H20N2O3. The smallest absolute Gasteiger partial charge is 0.142 e. The molecule has 0 fully saturated rings. The van der Waals surface area contributed by atoms with Gasteiger partial charge in [0.2, 0.25) is 0 Å². The number of nitrogens with zero attached hydrogens (tertiary/aromatic N) is 1. The third-order valence-electron chi connectivity index (χ3n) is 2.22. The van der Waals surface area contributed by atoms with Crippen LogP contribution in [0, 0.1) is 0 Å². The van der Waals surface area contributed by atoms with E-state index < -0.39 is 6.10 Å². The van der Waals surface area contributed by atoms with Crippen LogP contribution in [0.3, 0.4) is 0 Å². The number of nitrogen functional groups attached to an aromatic ring is 1. The van der Waals surface area contributed by atoms with Gasteiger partial charge in [-0.2, -0.15) is 0 Å². The van der Waals surface area contributed by atoms with Crippen LogP contribution in [0.25, 0.3) is 0 Å². The van der Waals surface area contributed by atoms with Gasteiger partial charge in [-0.05, 0) is 26.2 Å².